The van der Waals surface area contributed by atoms with Gasteiger partial charge in [0.05, 0.1) is 17.0 Å². The third-order valence-corrected chi connectivity index (χ3v) is 5.29. The van der Waals surface area contributed by atoms with E-state index in [9.17, 15) is 4.79 Å². The largest absolute Gasteiger partial charge is 0.325 e. The zero-order valence-electron chi connectivity index (χ0n) is 13.8. The average Bonchev–Trinajstić information content (AvgIpc) is 3.13. The summed E-state index contributed by atoms with van der Waals surface area (Å²) in [5.74, 6) is -0.0440. The van der Waals surface area contributed by atoms with Crippen molar-refractivity contribution in [2.24, 2.45) is 10.1 Å². The molecule has 5 nitrogen and oxygen atoms in total. The SMILES string of the molecule is C[C@H](SC1=Nc2ccccc2[C@H]2CC=NN12)C(=O)Nc1ccccc1. The van der Waals surface area contributed by atoms with Crippen molar-refractivity contribution < 1.29 is 4.79 Å². The predicted molar refractivity (Wildman–Crippen MR) is 103 cm³/mol. The Morgan fingerprint density at radius 3 is 2.80 bits per heavy atom. The first kappa shape index (κ1) is 15.9. The van der Waals surface area contributed by atoms with Gasteiger partial charge in [-0.2, -0.15) is 5.10 Å². The Morgan fingerprint density at radius 2 is 1.96 bits per heavy atom. The number of amides is 1. The van der Waals surface area contributed by atoms with E-state index >= 15 is 0 Å². The van der Waals surface area contributed by atoms with Gasteiger partial charge in [-0.15, -0.1) is 0 Å². The Morgan fingerprint density at radius 1 is 1.20 bits per heavy atom. The first-order chi connectivity index (χ1) is 12.2. The lowest BCUT2D eigenvalue weighted by atomic mass is 10.0. The summed E-state index contributed by atoms with van der Waals surface area (Å²) in [5.41, 5.74) is 2.95. The number of thioether (sulfide) groups is 1. The van der Waals surface area contributed by atoms with Crippen LogP contribution in [0.15, 0.2) is 64.7 Å². The third-order valence-electron chi connectivity index (χ3n) is 4.23. The molecule has 2 heterocycles. The first-order valence-corrected chi connectivity index (χ1v) is 9.12. The topological polar surface area (TPSA) is 57.1 Å². The number of nitrogens with zero attached hydrogens (tertiary/aromatic N) is 3. The first-order valence-electron chi connectivity index (χ1n) is 8.24. The molecule has 25 heavy (non-hydrogen) atoms. The molecule has 2 aliphatic rings. The van der Waals surface area contributed by atoms with Gasteiger partial charge >= 0.3 is 0 Å². The van der Waals surface area contributed by atoms with Gasteiger partial charge in [-0.3, -0.25) is 4.79 Å². The van der Waals surface area contributed by atoms with E-state index in [1.165, 1.54) is 17.3 Å². The number of fused-ring (bicyclic) bond motifs is 3. The van der Waals surface area contributed by atoms with Crippen LogP contribution in [0.4, 0.5) is 11.4 Å². The summed E-state index contributed by atoms with van der Waals surface area (Å²) in [7, 11) is 0. The molecule has 126 valence electrons. The van der Waals surface area contributed by atoms with Crippen LogP contribution < -0.4 is 5.32 Å². The Bertz CT molecular complexity index is 850. The molecule has 0 aliphatic carbocycles. The van der Waals surface area contributed by atoms with Crippen LogP contribution in [-0.2, 0) is 4.79 Å². The van der Waals surface area contributed by atoms with Crippen LogP contribution in [0.2, 0.25) is 0 Å². The molecule has 4 rings (SSSR count). The zero-order chi connectivity index (χ0) is 17.2. The van der Waals surface area contributed by atoms with Crippen LogP contribution in [0, 0.1) is 0 Å². The van der Waals surface area contributed by atoms with Gasteiger partial charge in [0.1, 0.15) is 0 Å². The van der Waals surface area contributed by atoms with Crippen LogP contribution in [0.3, 0.4) is 0 Å². The van der Waals surface area contributed by atoms with Crippen molar-refractivity contribution in [3.8, 4) is 0 Å². The maximum atomic E-state index is 12.5. The summed E-state index contributed by atoms with van der Waals surface area (Å²) < 4.78 is 0. The van der Waals surface area contributed by atoms with Crippen molar-refractivity contribution in [1.29, 1.82) is 0 Å². The fourth-order valence-electron chi connectivity index (χ4n) is 2.94. The summed E-state index contributed by atoms with van der Waals surface area (Å²) >= 11 is 1.44. The van der Waals surface area contributed by atoms with Gasteiger partial charge in [-0.25, -0.2) is 10.0 Å². The highest BCUT2D eigenvalue weighted by Crippen LogP contribution is 2.41. The van der Waals surface area contributed by atoms with Crippen LogP contribution in [0.25, 0.3) is 0 Å². The molecule has 2 aromatic rings. The lowest BCUT2D eigenvalue weighted by Gasteiger charge is -2.30. The number of para-hydroxylation sites is 2. The van der Waals surface area contributed by atoms with Gasteiger partial charge in [-0.1, -0.05) is 48.2 Å². The van der Waals surface area contributed by atoms with Crippen molar-refractivity contribution in [3.05, 3.63) is 60.2 Å². The second-order valence-electron chi connectivity index (χ2n) is 5.96. The van der Waals surface area contributed by atoms with Gasteiger partial charge < -0.3 is 5.32 Å². The minimum atomic E-state index is -0.277. The fourth-order valence-corrected chi connectivity index (χ4v) is 3.86. The van der Waals surface area contributed by atoms with Crippen molar-refractivity contribution in [2.45, 2.75) is 24.6 Å². The highest BCUT2D eigenvalue weighted by atomic mass is 32.2. The predicted octanol–water partition coefficient (Wildman–Crippen LogP) is 4.18. The second-order valence-corrected chi connectivity index (χ2v) is 7.27. The van der Waals surface area contributed by atoms with E-state index in [1.54, 1.807) is 0 Å². The van der Waals surface area contributed by atoms with E-state index in [1.807, 2.05) is 66.7 Å². The highest BCUT2D eigenvalue weighted by Gasteiger charge is 2.34. The van der Waals surface area contributed by atoms with Crippen molar-refractivity contribution >= 4 is 40.4 Å². The maximum absolute atomic E-state index is 12.5. The van der Waals surface area contributed by atoms with Crippen LogP contribution in [0.1, 0.15) is 24.9 Å². The van der Waals surface area contributed by atoms with Crippen LogP contribution in [0.5, 0.6) is 0 Å². The lowest BCUT2D eigenvalue weighted by Crippen LogP contribution is -2.31. The summed E-state index contributed by atoms with van der Waals surface area (Å²) in [6.45, 7) is 1.89. The Hall–Kier alpha value is -2.60. The van der Waals surface area contributed by atoms with E-state index < -0.39 is 0 Å². The molecule has 0 saturated carbocycles. The molecule has 0 radical (unpaired) electrons. The molecule has 6 heteroatoms. The second kappa shape index (κ2) is 6.72. The van der Waals surface area contributed by atoms with E-state index in [0.717, 1.165) is 23.0 Å². The Balaban J connectivity index is 1.52. The zero-order valence-corrected chi connectivity index (χ0v) is 14.6. The highest BCUT2D eigenvalue weighted by molar-refractivity contribution is 8.14. The van der Waals surface area contributed by atoms with E-state index in [0.29, 0.717) is 0 Å². The number of benzene rings is 2. The molecule has 1 N–H and O–H groups in total. The number of anilines is 1. The number of hydrogen-bond acceptors (Lipinski definition) is 5. The maximum Gasteiger partial charge on any atom is 0.237 e. The minimum absolute atomic E-state index is 0.0440. The summed E-state index contributed by atoms with van der Waals surface area (Å²) in [4.78, 5) is 17.2. The van der Waals surface area contributed by atoms with E-state index in [2.05, 4.69) is 16.5 Å². The van der Waals surface area contributed by atoms with Crippen LogP contribution in [-0.4, -0.2) is 27.5 Å². The molecule has 0 spiro atoms. The Labute approximate surface area is 150 Å². The molecule has 2 aromatic carbocycles. The Kier molecular flexibility index (Phi) is 4.28. The molecular formula is C19H18N4OS. The van der Waals surface area contributed by atoms with Gasteiger partial charge in [0, 0.05) is 23.9 Å². The van der Waals surface area contributed by atoms with Crippen molar-refractivity contribution in [3.63, 3.8) is 0 Å². The normalized spacial score (nSPS) is 19.0. The number of carbonyl (C=O) groups excluding carboxylic acids is 1. The average molecular weight is 350 g/mol. The van der Waals surface area contributed by atoms with Crippen molar-refractivity contribution in [2.75, 3.05) is 5.32 Å². The van der Waals surface area contributed by atoms with Crippen LogP contribution >= 0.6 is 11.8 Å². The lowest BCUT2D eigenvalue weighted by molar-refractivity contribution is -0.115. The summed E-state index contributed by atoms with van der Waals surface area (Å²) in [6, 6.07) is 17.8. The van der Waals surface area contributed by atoms with E-state index in [4.69, 9.17) is 4.99 Å². The number of rotatable bonds is 3. The molecule has 2 aliphatic heterocycles. The molecule has 0 bridgehead atoms. The summed E-state index contributed by atoms with van der Waals surface area (Å²) in [6.07, 6.45) is 2.78. The van der Waals surface area contributed by atoms with Gasteiger partial charge in [0.25, 0.3) is 0 Å². The van der Waals surface area contributed by atoms with Gasteiger partial charge in [0.15, 0.2) is 5.17 Å². The number of hydrogen-bond donors (Lipinski definition) is 1. The molecule has 0 unspecified atom stereocenters. The van der Waals surface area contributed by atoms with Gasteiger partial charge in [0.2, 0.25) is 5.91 Å². The fraction of sp³-hybridized carbons (Fsp3) is 0.211. The molecule has 0 aromatic heterocycles. The van der Waals surface area contributed by atoms with E-state index in [-0.39, 0.29) is 17.2 Å². The minimum Gasteiger partial charge on any atom is -0.325 e. The van der Waals surface area contributed by atoms with Gasteiger partial charge in [-0.05, 0) is 25.1 Å². The molecule has 1 amide bonds. The molecule has 0 saturated heterocycles. The third kappa shape index (κ3) is 3.17. The number of hydrazone groups is 1. The molecule has 2 atom stereocenters. The monoisotopic (exact) mass is 350 g/mol. The molecular weight excluding hydrogens is 332 g/mol. The number of carbonyl (C=O) groups is 1. The standard InChI is InChI=1S/C19H18N4OS/c1-13(18(24)21-14-7-3-2-4-8-14)25-19-22-16-10-6-5-9-15(16)17-11-12-20-23(17)19/h2-10,12-13,17H,11H2,1H3,(H,21,24)/t13-,17+/m0/s1. The van der Waals surface area contributed by atoms with Crippen molar-refractivity contribution in [1.82, 2.24) is 5.01 Å². The number of amidine groups is 1. The summed E-state index contributed by atoms with van der Waals surface area (Å²) in [5, 5.41) is 9.82. The number of aliphatic imine (C=N–C) groups is 1. The quantitative estimate of drug-likeness (QED) is 0.903. The number of nitrogens with one attached hydrogen (secondary N) is 1. The smallest absolute Gasteiger partial charge is 0.237 e. The molecule has 0 fully saturated rings.